The first-order valence-electron chi connectivity index (χ1n) is 8.89. The van der Waals surface area contributed by atoms with Crippen LogP contribution in [0.5, 0.6) is 0 Å². The molecule has 0 aliphatic heterocycles. The molecule has 0 heterocycles. The number of aliphatic carboxylic acids is 2. The summed E-state index contributed by atoms with van der Waals surface area (Å²) in [4.78, 5) is 21.7. The van der Waals surface area contributed by atoms with Gasteiger partial charge in [0.25, 0.3) is 0 Å². The van der Waals surface area contributed by atoms with Gasteiger partial charge < -0.3 is 10.2 Å². The predicted octanol–water partition coefficient (Wildman–Crippen LogP) is 6.09. The van der Waals surface area contributed by atoms with Crippen molar-refractivity contribution in [2.24, 2.45) is 11.8 Å². The lowest BCUT2D eigenvalue weighted by Gasteiger charge is -2.20. The van der Waals surface area contributed by atoms with E-state index < -0.39 is 11.9 Å². The molecule has 2 atom stereocenters. The van der Waals surface area contributed by atoms with Crippen LogP contribution in [0.3, 0.4) is 0 Å². The van der Waals surface area contributed by atoms with Crippen LogP contribution in [0, 0.1) is 11.8 Å². The van der Waals surface area contributed by atoms with Crippen molar-refractivity contribution in [3.63, 3.8) is 0 Å². The van der Waals surface area contributed by atoms with Crippen LogP contribution in [0.25, 0.3) is 0 Å². The Morgan fingerprint density at radius 1 is 0.926 bits per heavy atom. The highest BCUT2D eigenvalue weighted by Gasteiger charge is 2.30. The second-order valence-electron chi connectivity index (χ2n) is 7.06. The van der Waals surface area contributed by atoms with Gasteiger partial charge in [-0.2, -0.15) is 0 Å². The van der Waals surface area contributed by atoms with Gasteiger partial charge in [0.1, 0.15) is 0 Å². The summed E-state index contributed by atoms with van der Waals surface area (Å²) < 4.78 is 0. The minimum atomic E-state index is -0.713. The van der Waals surface area contributed by atoms with Gasteiger partial charge in [0.05, 0.1) is 11.8 Å². The molecule has 0 spiro atoms. The molecule has 0 aromatic rings. The Bertz CT molecular complexity index is 712. The molecule has 0 saturated heterocycles. The van der Waals surface area contributed by atoms with Crippen molar-refractivity contribution >= 4 is 23.5 Å². The Morgan fingerprint density at radius 2 is 1.48 bits per heavy atom. The van der Waals surface area contributed by atoms with Crippen LogP contribution < -0.4 is 0 Å². The lowest BCUT2D eigenvalue weighted by Crippen LogP contribution is -2.18. The van der Waals surface area contributed by atoms with E-state index in [2.05, 4.69) is 6.08 Å². The third kappa shape index (κ3) is 5.13. The molecule has 2 unspecified atom stereocenters. The Kier molecular flexibility index (Phi) is 8.55. The van der Waals surface area contributed by atoms with Crippen molar-refractivity contribution in [1.29, 1.82) is 0 Å². The zero-order valence-electron chi connectivity index (χ0n) is 14.1. The molecule has 0 fully saturated rings. The van der Waals surface area contributed by atoms with Crippen LogP contribution in [0.1, 0.15) is 66.2 Å². The van der Waals surface area contributed by atoms with E-state index in [1.54, 1.807) is 0 Å². The van der Waals surface area contributed by atoms with Crippen LogP contribution in [0.2, 0.25) is 0 Å². The normalized spacial score (nSPS) is 25.3. The van der Waals surface area contributed by atoms with Gasteiger partial charge in [-0.1, -0.05) is 49.8 Å². The molecular weight excluding hydrogens is 364 g/mol. The molecule has 27 heavy (non-hydrogen) atoms. The number of hydrogen-bond acceptors (Lipinski definition) is 2. The van der Waals surface area contributed by atoms with Gasteiger partial charge in [0.2, 0.25) is 0 Å². The molecule has 4 rings (SSSR count). The third-order valence-electron chi connectivity index (χ3n) is 5.46. The Morgan fingerprint density at radius 3 is 2.07 bits per heavy atom. The fourth-order valence-corrected chi connectivity index (χ4v) is 4.52. The van der Waals surface area contributed by atoms with Crippen molar-refractivity contribution in [1.82, 2.24) is 0 Å². The molecule has 0 amide bonds. The average molecular weight is 395 g/mol. The Balaban J connectivity index is 0.000000252. The minimum Gasteiger partial charge on any atom is -0.481 e. The zero-order chi connectivity index (χ0) is 18.0. The standard InChI is InChI=1S/C10H11ClO2.C10H12O2.2CH4/c11-7-4-6-2-1-3-8(10(12)13)9(6)5-7;11-10(12)9-6-2-4-7-3-1-5-8(7)9;;/h5,8H,1-4H2,(H,12,13);1,5,9H,2-4,6H2,(H,11,12);2*1H4. The average Bonchev–Trinajstić information content (AvgIpc) is 3.19. The van der Waals surface area contributed by atoms with Gasteiger partial charge in [0.15, 0.2) is 0 Å². The van der Waals surface area contributed by atoms with Gasteiger partial charge >= 0.3 is 11.9 Å². The zero-order valence-corrected chi connectivity index (χ0v) is 14.9. The number of carbonyl (C=O) groups is 2. The molecule has 5 heteroatoms. The molecule has 0 aromatic heterocycles. The smallest absolute Gasteiger partial charge is 0.310 e. The van der Waals surface area contributed by atoms with Gasteiger partial charge in [-0.05, 0) is 62.2 Å². The SMILES string of the molecule is C.C.O=C(O)C1CCCC2=C1C=C(Cl)C2.O=C(O)C1CCCC2=C1C=CC2. The number of rotatable bonds is 2. The van der Waals surface area contributed by atoms with Crippen molar-refractivity contribution in [2.75, 3.05) is 0 Å². The van der Waals surface area contributed by atoms with E-state index in [0.717, 1.165) is 67.5 Å². The van der Waals surface area contributed by atoms with Crippen molar-refractivity contribution in [3.05, 3.63) is 45.6 Å². The summed E-state index contributed by atoms with van der Waals surface area (Å²) in [6.45, 7) is 0. The molecular formula is C22H31ClO4. The summed E-state index contributed by atoms with van der Waals surface area (Å²) in [5.74, 6) is -1.89. The second-order valence-corrected chi connectivity index (χ2v) is 7.54. The van der Waals surface area contributed by atoms with E-state index in [-0.39, 0.29) is 26.7 Å². The van der Waals surface area contributed by atoms with E-state index in [1.807, 2.05) is 12.2 Å². The topological polar surface area (TPSA) is 74.6 Å². The summed E-state index contributed by atoms with van der Waals surface area (Å²) in [7, 11) is 0. The third-order valence-corrected chi connectivity index (χ3v) is 5.71. The Labute approximate surface area is 167 Å². The van der Waals surface area contributed by atoms with Crippen LogP contribution in [0.4, 0.5) is 0 Å². The highest BCUT2D eigenvalue weighted by Crippen LogP contribution is 2.40. The van der Waals surface area contributed by atoms with Crippen molar-refractivity contribution < 1.29 is 19.8 Å². The van der Waals surface area contributed by atoms with Gasteiger partial charge in [-0.15, -0.1) is 0 Å². The molecule has 0 bridgehead atoms. The first-order chi connectivity index (χ1) is 12.0. The van der Waals surface area contributed by atoms with E-state index in [4.69, 9.17) is 21.8 Å². The molecule has 0 aromatic carbocycles. The molecule has 0 saturated carbocycles. The first-order valence-corrected chi connectivity index (χ1v) is 9.27. The lowest BCUT2D eigenvalue weighted by molar-refractivity contribution is -0.141. The molecule has 4 aliphatic rings. The maximum Gasteiger partial charge on any atom is 0.310 e. The van der Waals surface area contributed by atoms with E-state index in [1.165, 1.54) is 11.1 Å². The van der Waals surface area contributed by atoms with E-state index in [0.29, 0.717) is 0 Å². The van der Waals surface area contributed by atoms with Crippen LogP contribution in [-0.2, 0) is 9.59 Å². The highest BCUT2D eigenvalue weighted by molar-refractivity contribution is 6.30. The predicted molar refractivity (Wildman–Crippen MR) is 110 cm³/mol. The molecule has 150 valence electrons. The molecule has 2 N–H and O–H groups in total. The monoisotopic (exact) mass is 394 g/mol. The van der Waals surface area contributed by atoms with Gasteiger partial charge in [-0.25, -0.2) is 0 Å². The number of carboxylic acids is 2. The summed E-state index contributed by atoms with van der Waals surface area (Å²) in [5.41, 5.74) is 4.66. The summed E-state index contributed by atoms with van der Waals surface area (Å²) in [6, 6.07) is 0. The maximum atomic E-state index is 10.9. The van der Waals surface area contributed by atoms with Crippen LogP contribution in [-0.4, -0.2) is 22.2 Å². The summed E-state index contributed by atoms with van der Waals surface area (Å²) >= 11 is 5.88. The van der Waals surface area contributed by atoms with E-state index in [9.17, 15) is 9.59 Å². The highest BCUT2D eigenvalue weighted by atomic mass is 35.5. The van der Waals surface area contributed by atoms with Crippen molar-refractivity contribution in [3.8, 4) is 0 Å². The quantitative estimate of drug-likeness (QED) is 0.593. The van der Waals surface area contributed by atoms with Crippen LogP contribution in [0.15, 0.2) is 45.6 Å². The number of hydrogen-bond donors (Lipinski definition) is 2. The largest absolute Gasteiger partial charge is 0.481 e. The minimum absolute atomic E-state index is 0. The first kappa shape index (κ1) is 23.2. The van der Waals surface area contributed by atoms with Crippen molar-refractivity contribution in [2.45, 2.75) is 66.2 Å². The fourth-order valence-electron chi connectivity index (χ4n) is 4.24. The molecule has 4 nitrogen and oxygen atoms in total. The summed E-state index contributed by atoms with van der Waals surface area (Å²) in [6.07, 6.45) is 13.4. The number of allylic oxidation sites excluding steroid dienone is 6. The van der Waals surface area contributed by atoms with E-state index >= 15 is 0 Å². The lowest BCUT2D eigenvalue weighted by atomic mass is 9.84. The number of halogens is 1. The second kappa shape index (κ2) is 9.93. The molecule has 0 radical (unpaired) electrons. The van der Waals surface area contributed by atoms with Gasteiger partial charge in [0, 0.05) is 11.5 Å². The van der Waals surface area contributed by atoms with Crippen LogP contribution >= 0.6 is 11.6 Å². The maximum absolute atomic E-state index is 10.9. The number of carboxylic acid groups (broad SMARTS) is 2. The Hall–Kier alpha value is -1.81. The fraction of sp³-hybridized carbons (Fsp3) is 0.545. The summed E-state index contributed by atoms with van der Waals surface area (Å²) in [5, 5.41) is 18.7. The molecule has 4 aliphatic carbocycles. The van der Waals surface area contributed by atoms with Gasteiger partial charge in [-0.3, -0.25) is 9.59 Å².